The number of hydrogen-bond donors (Lipinski definition) is 1. The van der Waals surface area contributed by atoms with Crippen LogP contribution in [0.2, 0.25) is 0 Å². The van der Waals surface area contributed by atoms with E-state index in [9.17, 15) is 4.79 Å². The van der Waals surface area contributed by atoms with Crippen LogP contribution in [0.15, 0.2) is 91.1 Å². The summed E-state index contributed by atoms with van der Waals surface area (Å²) < 4.78 is 5.54. The number of ether oxygens (including phenoxy) is 1. The molecule has 2 heterocycles. The van der Waals surface area contributed by atoms with Crippen molar-refractivity contribution in [1.82, 2.24) is 15.0 Å². The molecule has 0 aliphatic rings. The average Bonchev–Trinajstić information content (AvgIpc) is 3.32. The summed E-state index contributed by atoms with van der Waals surface area (Å²) in [7, 11) is 1.68. The van der Waals surface area contributed by atoms with Crippen molar-refractivity contribution in [2.75, 3.05) is 7.11 Å². The van der Waals surface area contributed by atoms with Crippen LogP contribution in [0.25, 0.3) is 22.2 Å². The Morgan fingerprint density at radius 2 is 1.61 bits per heavy atom. The van der Waals surface area contributed by atoms with Crippen LogP contribution in [0.5, 0.6) is 5.75 Å². The Balaban J connectivity index is 1.32. The molecule has 5 heteroatoms. The average molecular weight is 434 g/mol. The minimum atomic E-state index is -0.110. The second-order valence-corrected chi connectivity index (χ2v) is 7.83. The molecule has 2 aromatic heterocycles. The first-order valence-corrected chi connectivity index (χ1v) is 10.9. The zero-order valence-corrected chi connectivity index (χ0v) is 18.3. The van der Waals surface area contributed by atoms with Gasteiger partial charge in [-0.15, -0.1) is 0 Å². The summed E-state index contributed by atoms with van der Waals surface area (Å²) in [5, 5.41) is 0. The third-order valence-corrected chi connectivity index (χ3v) is 5.76. The number of rotatable bonds is 7. The van der Waals surface area contributed by atoms with Gasteiger partial charge >= 0.3 is 0 Å². The highest BCUT2D eigenvalue weighted by Gasteiger charge is 2.14. The van der Waals surface area contributed by atoms with Gasteiger partial charge in [0.25, 0.3) is 0 Å². The van der Waals surface area contributed by atoms with Gasteiger partial charge in [0.2, 0.25) is 5.78 Å². The van der Waals surface area contributed by atoms with Crippen molar-refractivity contribution < 1.29 is 9.53 Å². The van der Waals surface area contributed by atoms with Crippen molar-refractivity contribution in [3.05, 3.63) is 114 Å². The van der Waals surface area contributed by atoms with E-state index in [1.165, 1.54) is 0 Å². The maximum atomic E-state index is 12.9. The molecule has 0 aliphatic carbocycles. The summed E-state index contributed by atoms with van der Waals surface area (Å²) in [6.45, 7) is 0. The van der Waals surface area contributed by atoms with Crippen molar-refractivity contribution in [3.63, 3.8) is 0 Å². The Morgan fingerprint density at radius 1 is 0.848 bits per heavy atom. The SMILES string of the molecule is COc1ccccc1-c1cccnc1CCc1ccc(C(=O)c2nc3ccccc3[nH]2)cc1. The van der Waals surface area contributed by atoms with Gasteiger partial charge in [-0.25, -0.2) is 4.98 Å². The first-order valence-electron chi connectivity index (χ1n) is 10.9. The molecule has 0 saturated heterocycles. The largest absolute Gasteiger partial charge is 0.496 e. The highest BCUT2D eigenvalue weighted by molar-refractivity contribution is 6.07. The van der Waals surface area contributed by atoms with Gasteiger partial charge in [0.05, 0.1) is 18.1 Å². The van der Waals surface area contributed by atoms with Crippen molar-refractivity contribution in [2.24, 2.45) is 0 Å². The number of imidazole rings is 1. The Labute approximate surface area is 192 Å². The molecule has 0 spiro atoms. The molecule has 162 valence electrons. The summed E-state index contributed by atoms with van der Waals surface area (Å²) >= 11 is 0. The number of aryl methyl sites for hydroxylation is 2. The van der Waals surface area contributed by atoms with Gasteiger partial charge in [0, 0.05) is 28.6 Å². The number of hydrogen-bond acceptors (Lipinski definition) is 4. The lowest BCUT2D eigenvalue weighted by Crippen LogP contribution is -2.04. The van der Waals surface area contributed by atoms with E-state index in [-0.39, 0.29) is 5.78 Å². The summed E-state index contributed by atoms with van der Waals surface area (Å²) in [4.78, 5) is 25.0. The van der Waals surface area contributed by atoms with E-state index in [4.69, 9.17) is 4.74 Å². The van der Waals surface area contributed by atoms with Crippen molar-refractivity contribution >= 4 is 16.8 Å². The molecular weight excluding hydrogens is 410 g/mol. The standard InChI is InChI=1S/C28H23N3O2/c1-33-26-11-5-2-7-22(26)21-8-6-18-29-23(21)17-14-19-12-15-20(16-13-19)27(32)28-30-24-9-3-4-10-25(24)31-28/h2-13,15-16,18H,14,17H2,1H3,(H,30,31). The van der Waals surface area contributed by atoms with Crippen LogP contribution >= 0.6 is 0 Å². The van der Waals surface area contributed by atoms with Gasteiger partial charge in [-0.1, -0.05) is 60.7 Å². The minimum Gasteiger partial charge on any atom is -0.496 e. The Hall–Kier alpha value is -4.25. The molecule has 0 aliphatic heterocycles. The quantitative estimate of drug-likeness (QED) is 0.337. The fourth-order valence-electron chi connectivity index (χ4n) is 4.03. The molecule has 0 saturated carbocycles. The fourth-order valence-corrected chi connectivity index (χ4v) is 4.03. The maximum Gasteiger partial charge on any atom is 0.228 e. The monoisotopic (exact) mass is 433 g/mol. The van der Waals surface area contributed by atoms with Crippen LogP contribution in [-0.2, 0) is 12.8 Å². The lowest BCUT2D eigenvalue weighted by Gasteiger charge is -2.12. The van der Waals surface area contributed by atoms with Gasteiger partial charge in [0.1, 0.15) is 5.75 Å². The minimum absolute atomic E-state index is 0.110. The normalized spacial score (nSPS) is 10.9. The molecule has 1 N–H and O–H groups in total. The van der Waals surface area contributed by atoms with E-state index in [1.54, 1.807) is 7.11 Å². The van der Waals surface area contributed by atoms with Crippen molar-refractivity contribution in [3.8, 4) is 16.9 Å². The van der Waals surface area contributed by atoms with Gasteiger partial charge < -0.3 is 9.72 Å². The number of nitrogens with one attached hydrogen (secondary N) is 1. The molecule has 0 unspecified atom stereocenters. The smallest absolute Gasteiger partial charge is 0.228 e. The molecule has 5 aromatic rings. The van der Waals surface area contributed by atoms with E-state index in [2.05, 4.69) is 27.1 Å². The van der Waals surface area contributed by atoms with Crippen LogP contribution in [-0.4, -0.2) is 27.8 Å². The van der Waals surface area contributed by atoms with E-state index in [0.29, 0.717) is 11.4 Å². The highest BCUT2D eigenvalue weighted by Crippen LogP contribution is 2.31. The van der Waals surface area contributed by atoms with Gasteiger partial charge in [0.15, 0.2) is 5.82 Å². The third kappa shape index (κ3) is 4.26. The number of fused-ring (bicyclic) bond motifs is 1. The zero-order chi connectivity index (χ0) is 22.6. The molecule has 0 atom stereocenters. The number of carbonyl (C=O) groups excluding carboxylic acids is 1. The van der Waals surface area contributed by atoms with Crippen LogP contribution in [0.4, 0.5) is 0 Å². The summed E-state index contributed by atoms with van der Waals surface area (Å²) in [6.07, 6.45) is 3.42. The van der Waals surface area contributed by atoms with Crippen molar-refractivity contribution in [1.29, 1.82) is 0 Å². The summed E-state index contributed by atoms with van der Waals surface area (Å²) in [5.74, 6) is 1.08. The van der Waals surface area contributed by atoms with E-state index in [0.717, 1.165) is 52.0 Å². The molecule has 3 aromatic carbocycles. The first kappa shape index (κ1) is 20.6. The number of H-pyrrole nitrogens is 1. The van der Waals surface area contributed by atoms with E-state index >= 15 is 0 Å². The lowest BCUT2D eigenvalue weighted by atomic mass is 9.98. The topological polar surface area (TPSA) is 67.9 Å². The van der Waals surface area contributed by atoms with Crippen molar-refractivity contribution in [2.45, 2.75) is 12.8 Å². The number of ketones is 1. The summed E-state index contributed by atoms with van der Waals surface area (Å²) in [5.41, 5.74) is 6.54. The lowest BCUT2D eigenvalue weighted by molar-refractivity contribution is 0.103. The predicted octanol–water partition coefficient (Wildman–Crippen LogP) is 5.65. The van der Waals surface area contributed by atoms with E-state index < -0.39 is 0 Å². The third-order valence-electron chi connectivity index (χ3n) is 5.76. The second-order valence-electron chi connectivity index (χ2n) is 7.83. The fraction of sp³-hybridized carbons (Fsp3) is 0.107. The van der Waals surface area contributed by atoms with Crippen LogP contribution < -0.4 is 4.74 Å². The van der Waals surface area contributed by atoms with Gasteiger partial charge in [-0.3, -0.25) is 9.78 Å². The molecule has 0 bridgehead atoms. The Kier molecular flexibility index (Phi) is 5.68. The molecule has 0 radical (unpaired) electrons. The number of para-hydroxylation sites is 3. The Morgan fingerprint density at radius 3 is 2.42 bits per heavy atom. The van der Waals surface area contributed by atoms with Crippen LogP contribution in [0.1, 0.15) is 27.4 Å². The van der Waals surface area contributed by atoms with Crippen LogP contribution in [0, 0.1) is 0 Å². The molecule has 33 heavy (non-hydrogen) atoms. The maximum absolute atomic E-state index is 12.9. The number of pyridine rings is 1. The van der Waals surface area contributed by atoms with Crippen LogP contribution in [0.3, 0.4) is 0 Å². The number of benzene rings is 3. The molecular formula is C28H23N3O2. The second kappa shape index (κ2) is 9.09. The molecule has 0 amide bonds. The predicted molar refractivity (Wildman–Crippen MR) is 130 cm³/mol. The Bertz CT molecular complexity index is 1390. The zero-order valence-electron chi connectivity index (χ0n) is 18.3. The molecule has 5 rings (SSSR count). The van der Waals surface area contributed by atoms with E-state index in [1.807, 2.05) is 79.0 Å². The molecule has 5 nitrogen and oxygen atoms in total. The summed E-state index contributed by atoms with van der Waals surface area (Å²) in [6, 6.07) is 27.4. The number of aromatic nitrogens is 3. The highest BCUT2D eigenvalue weighted by atomic mass is 16.5. The number of aromatic amines is 1. The molecule has 0 fully saturated rings. The first-order chi connectivity index (χ1) is 16.2. The van der Waals surface area contributed by atoms with Gasteiger partial charge in [-0.05, 0) is 42.7 Å². The number of methoxy groups -OCH3 is 1. The number of nitrogens with zero attached hydrogens (tertiary/aromatic N) is 2. The number of carbonyl (C=O) groups is 1. The van der Waals surface area contributed by atoms with Gasteiger partial charge in [-0.2, -0.15) is 0 Å².